The number of carbonyl (C=O) groups excluding carboxylic acids is 1. The molecule has 0 bridgehead atoms. The molecule has 1 heterocycles. The Hall–Kier alpha value is -1.82. The number of hydrogen-bond donors (Lipinski definition) is 2. The Morgan fingerprint density at radius 3 is 2.88 bits per heavy atom. The van der Waals surface area contributed by atoms with E-state index in [1.807, 2.05) is 0 Å². The van der Waals surface area contributed by atoms with Gasteiger partial charge in [0.05, 0.1) is 0 Å². The Morgan fingerprint density at radius 2 is 2.25 bits per heavy atom. The van der Waals surface area contributed by atoms with Crippen LogP contribution >= 0.6 is 15.9 Å². The number of hydrogen-bond acceptors (Lipinski definition) is 4. The molecule has 0 aliphatic rings. The van der Waals surface area contributed by atoms with Gasteiger partial charge < -0.3 is 15.6 Å². The molecule has 2 aromatic rings. The minimum absolute atomic E-state index is 0.224. The van der Waals surface area contributed by atoms with Crippen molar-refractivity contribution in [3.8, 4) is 0 Å². The van der Waals surface area contributed by atoms with Crippen LogP contribution in [0, 0.1) is 0 Å². The van der Waals surface area contributed by atoms with Crippen molar-refractivity contribution in [3.05, 3.63) is 40.7 Å². The third-order valence-electron chi connectivity index (χ3n) is 1.92. The molecular formula is C10H8BrN3O2. The second kappa shape index (κ2) is 4.36. The zero-order chi connectivity index (χ0) is 11.5. The molecule has 0 spiro atoms. The van der Waals surface area contributed by atoms with Crippen molar-refractivity contribution in [3.63, 3.8) is 0 Å². The van der Waals surface area contributed by atoms with Crippen LogP contribution in [0.3, 0.4) is 0 Å². The summed E-state index contributed by atoms with van der Waals surface area (Å²) in [6, 6.07) is 6.63. The zero-order valence-corrected chi connectivity index (χ0v) is 9.69. The molecule has 0 unspecified atom stereocenters. The van der Waals surface area contributed by atoms with Crippen LogP contribution in [0.1, 0.15) is 10.5 Å². The highest BCUT2D eigenvalue weighted by Crippen LogP contribution is 2.23. The smallest absolute Gasteiger partial charge is 0.277 e. The summed E-state index contributed by atoms with van der Waals surface area (Å²) in [5.41, 5.74) is 7.07. The van der Waals surface area contributed by atoms with E-state index in [0.717, 1.165) is 4.47 Å². The van der Waals surface area contributed by atoms with Gasteiger partial charge >= 0.3 is 0 Å². The highest BCUT2D eigenvalue weighted by atomic mass is 79.9. The average molecular weight is 282 g/mol. The van der Waals surface area contributed by atoms with E-state index in [0.29, 0.717) is 11.4 Å². The van der Waals surface area contributed by atoms with E-state index >= 15 is 0 Å². The largest absolute Gasteiger partial charge is 0.398 e. The van der Waals surface area contributed by atoms with Gasteiger partial charge in [0.2, 0.25) is 0 Å². The summed E-state index contributed by atoms with van der Waals surface area (Å²) in [5, 5.41) is 6.17. The molecular weight excluding hydrogens is 274 g/mol. The van der Waals surface area contributed by atoms with Gasteiger partial charge in [0.25, 0.3) is 5.91 Å². The molecule has 1 amide bonds. The number of nitrogens with one attached hydrogen (secondary N) is 1. The summed E-state index contributed by atoms with van der Waals surface area (Å²) < 4.78 is 5.36. The minimum atomic E-state index is -0.338. The Morgan fingerprint density at radius 1 is 1.44 bits per heavy atom. The fourth-order valence-electron chi connectivity index (χ4n) is 1.15. The van der Waals surface area contributed by atoms with E-state index in [2.05, 4.69) is 30.9 Å². The normalized spacial score (nSPS) is 10.1. The molecule has 0 aliphatic heterocycles. The van der Waals surface area contributed by atoms with Crippen LogP contribution < -0.4 is 11.1 Å². The Kier molecular flexibility index (Phi) is 2.91. The third-order valence-corrected chi connectivity index (χ3v) is 2.65. The fraction of sp³-hybridized carbons (Fsp3) is 0. The lowest BCUT2D eigenvalue weighted by atomic mass is 10.2. The fourth-order valence-corrected chi connectivity index (χ4v) is 1.39. The molecule has 3 N–H and O–H groups in total. The molecule has 0 radical (unpaired) electrons. The standard InChI is InChI=1S/C10H8BrN3O2/c11-7-2-1-6(5-8(7)12)13-10(15)9-3-4-16-14-9/h1-5H,12H2,(H,13,15). The summed E-state index contributed by atoms with van der Waals surface area (Å²) in [7, 11) is 0. The first kappa shape index (κ1) is 10.7. The van der Waals surface area contributed by atoms with Gasteiger partial charge in [-0.2, -0.15) is 0 Å². The van der Waals surface area contributed by atoms with Gasteiger partial charge in [0, 0.05) is 21.9 Å². The van der Waals surface area contributed by atoms with Gasteiger partial charge in [0.15, 0.2) is 5.69 Å². The van der Waals surface area contributed by atoms with Crippen LogP contribution in [0.5, 0.6) is 0 Å². The maximum Gasteiger partial charge on any atom is 0.277 e. The molecule has 0 atom stereocenters. The number of nitrogens with zero attached hydrogens (tertiary/aromatic N) is 1. The Balaban J connectivity index is 2.15. The summed E-state index contributed by atoms with van der Waals surface area (Å²) in [4.78, 5) is 11.6. The topological polar surface area (TPSA) is 81.1 Å². The van der Waals surface area contributed by atoms with Crippen LogP contribution in [0.15, 0.2) is 39.5 Å². The van der Waals surface area contributed by atoms with Gasteiger partial charge in [0.1, 0.15) is 6.26 Å². The van der Waals surface area contributed by atoms with E-state index in [9.17, 15) is 4.79 Å². The average Bonchev–Trinajstić information content (AvgIpc) is 2.77. The second-order valence-electron chi connectivity index (χ2n) is 3.08. The Bertz CT molecular complexity index is 511. The lowest BCUT2D eigenvalue weighted by molar-refractivity contribution is 0.101. The number of halogens is 1. The van der Waals surface area contributed by atoms with E-state index in [4.69, 9.17) is 5.73 Å². The number of anilines is 2. The first-order valence-electron chi connectivity index (χ1n) is 4.43. The molecule has 0 saturated carbocycles. The van der Waals surface area contributed by atoms with Crippen LogP contribution in [0.25, 0.3) is 0 Å². The predicted octanol–water partition coefficient (Wildman–Crippen LogP) is 2.27. The number of aromatic nitrogens is 1. The maximum atomic E-state index is 11.6. The first-order chi connectivity index (χ1) is 7.66. The van der Waals surface area contributed by atoms with Crippen molar-refractivity contribution in [2.24, 2.45) is 0 Å². The van der Waals surface area contributed by atoms with E-state index < -0.39 is 0 Å². The molecule has 0 saturated heterocycles. The van der Waals surface area contributed by atoms with E-state index in [1.54, 1.807) is 18.2 Å². The highest BCUT2D eigenvalue weighted by molar-refractivity contribution is 9.10. The van der Waals surface area contributed by atoms with Crippen LogP contribution in [-0.4, -0.2) is 11.1 Å². The SMILES string of the molecule is Nc1cc(NC(=O)c2ccon2)ccc1Br. The number of nitrogens with two attached hydrogens (primary N) is 1. The highest BCUT2D eigenvalue weighted by Gasteiger charge is 2.09. The van der Waals surface area contributed by atoms with Gasteiger partial charge in [-0.25, -0.2) is 0 Å². The van der Waals surface area contributed by atoms with E-state index in [-0.39, 0.29) is 11.6 Å². The van der Waals surface area contributed by atoms with Crippen molar-refractivity contribution in [2.75, 3.05) is 11.1 Å². The lowest BCUT2D eigenvalue weighted by Gasteiger charge is -2.04. The van der Waals surface area contributed by atoms with Crippen LogP contribution in [-0.2, 0) is 0 Å². The molecule has 1 aromatic heterocycles. The van der Waals surface area contributed by atoms with Crippen molar-refractivity contribution >= 4 is 33.2 Å². The molecule has 0 fully saturated rings. The molecule has 5 nitrogen and oxygen atoms in total. The molecule has 2 rings (SSSR count). The predicted molar refractivity (Wildman–Crippen MR) is 63.0 cm³/mol. The number of benzene rings is 1. The first-order valence-corrected chi connectivity index (χ1v) is 5.23. The third kappa shape index (κ3) is 2.22. The second-order valence-corrected chi connectivity index (χ2v) is 3.93. The Labute approximate surface area is 99.7 Å². The monoisotopic (exact) mass is 281 g/mol. The quantitative estimate of drug-likeness (QED) is 0.828. The van der Waals surface area contributed by atoms with Gasteiger partial charge in [-0.15, -0.1) is 0 Å². The number of rotatable bonds is 2. The zero-order valence-electron chi connectivity index (χ0n) is 8.11. The lowest BCUT2D eigenvalue weighted by Crippen LogP contribution is -2.12. The van der Waals surface area contributed by atoms with Crippen molar-refractivity contribution < 1.29 is 9.32 Å². The molecule has 82 valence electrons. The molecule has 6 heteroatoms. The molecule has 0 aliphatic carbocycles. The molecule has 1 aromatic carbocycles. The summed E-state index contributed by atoms with van der Waals surface area (Å²) in [5.74, 6) is -0.338. The van der Waals surface area contributed by atoms with Crippen molar-refractivity contribution in [1.82, 2.24) is 5.16 Å². The van der Waals surface area contributed by atoms with Crippen LogP contribution in [0.2, 0.25) is 0 Å². The van der Waals surface area contributed by atoms with Crippen LogP contribution in [0.4, 0.5) is 11.4 Å². The van der Waals surface area contributed by atoms with Gasteiger partial charge in [-0.05, 0) is 34.1 Å². The van der Waals surface area contributed by atoms with E-state index in [1.165, 1.54) is 12.3 Å². The minimum Gasteiger partial charge on any atom is -0.398 e. The molecule has 16 heavy (non-hydrogen) atoms. The van der Waals surface area contributed by atoms with Gasteiger partial charge in [-0.3, -0.25) is 4.79 Å². The summed E-state index contributed by atoms with van der Waals surface area (Å²) >= 11 is 3.27. The summed E-state index contributed by atoms with van der Waals surface area (Å²) in [6.07, 6.45) is 1.34. The maximum absolute atomic E-state index is 11.6. The number of carbonyl (C=O) groups is 1. The van der Waals surface area contributed by atoms with Crippen molar-refractivity contribution in [1.29, 1.82) is 0 Å². The summed E-state index contributed by atoms with van der Waals surface area (Å²) in [6.45, 7) is 0. The number of nitrogen functional groups attached to an aromatic ring is 1. The van der Waals surface area contributed by atoms with Crippen molar-refractivity contribution in [2.45, 2.75) is 0 Å². The van der Waals surface area contributed by atoms with Gasteiger partial charge in [-0.1, -0.05) is 5.16 Å². The number of amides is 1.